The number of benzene rings is 2. The van der Waals surface area contributed by atoms with E-state index in [0.29, 0.717) is 19.4 Å². The molecule has 0 fully saturated rings. The van der Waals surface area contributed by atoms with Gasteiger partial charge in [0.1, 0.15) is 5.75 Å². The highest BCUT2D eigenvalue weighted by Gasteiger charge is 2.17. The number of anilines is 1. The monoisotopic (exact) mass is 353 g/mol. The second-order valence-corrected chi connectivity index (χ2v) is 7.27. The summed E-state index contributed by atoms with van der Waals surface area (Å²) in [6.45, 7) is 9.33. The Balaban J connectivity index is 1.75. The van der Waals surface area contributed by atoms with Gasteiger partial charge >= 0.3 is 0 Å². The summed E-state index contributed by atoms with van der Waals surface area (Å²) in [7, 11) is 0. The van der Waals surface area contributed by atoms with Crippen LogP contribution >= 0.6 is 0 Å². The molecule has 2 rings (SSSR count). The summed E-state index contributed by atoms with van der Waals surface area (Å²) in [5, 5.41) is 3.00. The lowest BCUT2D eigenvalue weighted by Gasteiger charge is -2.23. The first-order chi connectivity index (χ1) is 12.5. The number of carbonyl (C=O) groups is 1. The number of aryl methyl sites for hydroxylation is 1. The standard InChI is InChI=1S/C23H31NO2/c1-5-18-10-7-8-11-21(18)24-22(25)12-9-17-26-20-15-13-19(14-16-20)23(3,4)6-2/h7-8,10-11,13-16H,5-6,9,12,17H2,1-4H3,(H,24,25). The topological polar surface area (TPSA) is 38.3 Å². The first-order valence-corrected chi connectivity index (χ1v) is 9.57. The number of ether oxygens (including phenoxy) is 1. The minimum Gasteiger partial charge on any atom is -0.494 e. The van der Waals surface area contributed by atoms with Crippen LogP contribution in [0.1, 0.15) is 58.1 Å². The summed E-state index contributed by atoms with van der Waals surface area (Å²) in [5.41, 5.74) is 3.58. The Labute approximate surface area is 157 Å². The Morgan fingerprint density at radius 2 is 1.73 bits per heavy atom. The number of rotatable bonds is 9. The number of para-hydroxylation sites is 1. The molecule has 0 aliphatic carbocycles. The van der Waals surface area contributed by atoms with Gasteiger partial charge in [-0.25, -0.2) is 0 Å². The third kappa shape index (κ3) is 5.62. The third-order valence-electron chi connectivity index (χ3n) is 5.01. The van der Waals surface area contributed by atoms with Gasteiger partial charge in [-0.3, -0.25) is 4.79 Å². The second kappa shape index (κ2) is 9.42. The molecule has 3 nitrogen and oxygen atoms in total. The van der Waals surface area contributed by atoms with Crippen molar-refractivity contribution in [2.24, 2.45) is 0 Å². The average molecular weight is 354 g/mol. The van der Waals surface area contributed by atoms with E-state index in [1.54, 1.807) is 0 Å². The van der Waals surface area contributed by atoms with Crippen molar-refractivity contribution in [3.63, 3.8) is 0 Å². The Morgan fingerprint density at radius 1 is 1.04 bits per heavy atom. The maximum absolute atomic E-state index is 12.1. The molecule has 0 spiro atoms. The smallest absolute Gasteiger partial charge is 0.224 e. The van der Waals surface area contributed by atoms with Gasteiger partial charge < -0.3 is 10.1 Å². The van der Waals surface area contributed by atoms with Crippen LogP contribution in [0.25, 0.3) is 0 Å². The first-order valence-electron chi connectivity index (χ1n) is 9.57. The van der Waals surface area contributed by atoms with Gasteiger partial charge in [-0.05, 0) is 54.0 Å². The van der Waals surface area contributed by atoms with Crippen molar-refractivity contribution in [2.75, 3.05) is 11.9 Å². The highest BCUT2D eigenvalue weighted by Crippen LogP contribution is 2.28. The SMILES string of the molecule is CCc1ccccc1NC(=O)CCCOc1ccc(C(C)(C)CC)cc1. The number of nitrogens with one attached hydrogen (secondary N) is 1. The van der Waals surface area contributed by atoms with Crippen LogP contribution in [0.4, 0.5) is 5.69 Å². The average Bonchev–Trinajstić information content (AvgIpc) is 2.66. The fourth-order valence-corrected chi connectivity index (χ4v) is 2.79. The Hall–Kier alpha value is -2.29. The van der Waals surface area contributed by atoms with E-state index in [1.807, 2.05) is 36.4 Å². The van der Waals surface area contributed by atoms with E-state index < -0.39 is 0 Å². The minimum atomic E-state index is 0.0366. The summed E-state index contributed by atoms with van der Waals surface area (Å²) in [4.78, 5) is 12.1. The van der Waals surface area contributed by atoms with E-state index in [9.17, 15) is 4.79 Å². The number of amides is 1. The lowest BCUT2D eigenvalue weighted by molar-refractivity contribution is -0.116. The molecule has 1 amide bonds. The van der Waals surface area contributed by atoms with E-state index >= 15 is 0 Å². The normalized spacial score (nSPS) is 11.2. The van der Waals surface area contributed by atoms with Gasteiger partial charge in [-0.15, -0.1) is 0 Å². The predicted molar refractivity (Wildman–Crippen MR) is 109 cm³/mol. The summed E-state index contributed by atoms with van der Waals surface area (Å²) in [6, 6.07) is 16.2. The van der Waals surface area contributed by atoms with Crippen molar-refractivity contribution in [3.05, 3.63) is 59.7 Å². The molecule has 0 unspecified atom stereocenters. The minimum absolute atomic E-state index is 0.0366. The maximum atomic E-state index is 12.1. The van der Waals surface area contributed by atoms with E-state index in [2.05, 4.69) is 45.1 Å². The van der Waals surface area contributed by atoms with Gasteiger partial charge in [0.15, 0.2) is 0 Å². The zero-order chi connectivity index (χ0) is 19.0. The van der Waals surface area contributed by atoms with Crippen molar-refractivity contribution in [1.82, 2.24) is 0 Å². The summed E-state index contributed by atoms with van der Waals surface area (Å²) in [6.07, 6.45) is 3.16. The molecule has 0 radical (unpaired) electrons. The zero-order valence-corrected chi connectivity index (χ0v) is 16.5. The molecule has 26 heavy (non-hydrogen) atoms. The number of hydrogen-bond donors (Lipinski definition) is 1. The van der Waals surface area contributed by atoms with Crippen LogP contribution in [-0.2, 0) is 16.6 Å². The first kappa shape index (κ1) is 20.0. The van der Waals surface area contributed by atoms with Crippen LogP contribution in [0.2, 0.25) is 0 Å². The van der Waals surface area contributed by atoms with E-state index in [1.165, 1.54) is 5.56 Å². The molecule has 3 heteroatoms. The molecular formula is C23H31NO2. The Kier molecular flexibility index (Phi) is 7.26. The van der Waals surface area contributed by atoms with Crippen LogP contribution in [0.5, 0.6) is 5.75 Å². The molecule has 2 aromatic rings. The second-order valence-electron chi connectivity index (χ2n) is 7.27. The van der Waals surface area contributed by atoms with Crippen molar-refractivity contribution in [3.8, 4) is 5.75 Å². The van der Waals surface area contributed by atoms with Crippen LogP contribution < -0.4 is 10.1 Å². The molecular weight excluding hydrogens is 322 g/mol. The maximum Gasteiger partial charge on any atom is 0.224 e. The highest BCUT2D eigenvalue weighted by molar-refractivity contribution is 5.91. The number of carbonyl (C=O) groups excluding carboxylic acids is 1. The van der Waals surface area contributed by atoms with Crippen LogP contribution in [0, 0.1) is 0 Å². The molecule has 0 saturated carbocycles. The van der Waals surface area contributed by atoms with Crippen molar-refractivity contribution in [1.29, 1.82) is 0 Å². The molecule has 0 aliphatic rings. The van der Waals surface area contributed by atoms with E-state index in [-0.39, 0.29) is 11.3 Å². The Bertz CT molecular complexity index is 704. The molecule has 0 aromatic heterocycles. The van der Waals surface area contributed by atoms with Gasteiger partial charge in [0.2, 0.25) is 5.91 Å². The molecule has 0 heterocycles. The summed E-state index contributed by atoms with van der Waals surface area (Å²) in [5.74, 6) is 0.895. The van der Waals surface area contributed by atoms with Crippen LogP contribution in [-0.4, -0.2) is 12.5 Å². The van der Waals surface area contributed by atoms with E-state index in [4.69, 9.17) is 4.74 Å². The molecule has 0 saturated heterocycles. The van der Waals surface area contributed by atoms with Gasteiger partial charge in [0, 0.05) is 12.1 Å². The molecule has 140 valence electrons. The van der Waals surface area contributed by atoms with Gasteiger partial charge in [0.25, 0.3) is 0 Å². The van der Waals surface area contributed by atoms with Crippen molar-refractivity contribution >= 4 is 11.6 Å². The molecule has 1 N–H and O–H groups in total. The summed E-state index contributed by atoms with van der Waals surface area (Å²) < 4.78 is 5.77. The van der Waals surface area contributed by atoms with E-state index in [0.717, 1.165) is 29.8 Å². The lowest BCUT2D eigenvalue weighted by Crippen LogP contribution is -2.15. The van der Waals surface area contributed by atoms with Crippen LogP contribution in [0.3, 0.4) is 0 Å². The fourth-order valence-electron chi connectivity index (χ4n) is 2.79. The highest BCUT2D eigenvalue weighted by atomic mass is 16.5. The van der Waals surface area contributed by atoms with Gasteiger partial charge in [-0.2, -0.15) is 0 Å². The zero-order valence-electron chi connectivity index (χ0n) is 16.5. The van der Waals surface area contributed by atoms with Crippen molar-refractivity contribution < 1.29 is 9.53 Å². The molecule has 0 bridgehead atoms. The summed E-state index contributed by atoms with van der Waals surface area (Å²) >= 11 is 0. The van der Waals surface area contributed by atoms with Crippen LogP contribution in [0.15, 0.2) is 48.5 Å². The van der Waals surface area contributed by atoms with Gasteiger partial charge in [-0.1, -0.05) is 58.0 Å². The van der Waals surface area contributed by atoms with Crippen molar-refractivity contribution in [2.45, 2.75) is 58.8 Å². The molecule has 2 aromatic carbocycles. The predicted octanol–water partition coefficient (Wildman–Crippen LogP) is 5.73. The lowest BCUT2D eigenvalue weighted by atomic mass is 9.82. The molecule has 0 aliphatic heterocycles. The number of hydrogen-bond acceptors (Lipinski definition) is 2. The molecule has 0 atom stereocenters. The fraction of sp³-hybridized carbons (Fsp3) is 0.435. The third-order valence-corrected chi connectivity index (χ3v) is 5.01. The largest absolute Gasteiger partial charge is 0.494 e. The quantitative estimate of drug-likeness (QED) is 0.584. The Morgan fingerprint density at radius 3 is 2.38 bits per heavy atom. The van der Waals surface area contributed by atoms with Gasteiger partial charge in [0.05, 0.1) is 6.61 Å².